The highest BCUT2D eigenvalue weighted by molar-refractivity contribution is 6.27. The first-order chi connectivity index (χ1) is 26.5. The van der Waals surface area contributed by atoms with Crippen LogP contribution < -0.4 is 9.47 Å². The minimum absolute atomic E-state index is 0.0315. The summed E-state index contributed by atoms with van der Waals surface area (Å²) >= 11 is 0. The summed E-state index contributed by atoms with van der Waals surface area (Å²) in [6.45, 7) is 8.25. The van der Waals surface area contributed by atoms with Crippen LogP contribution in [0.5, 0.6) is 23.0 Å². The number of hydrogen-bond acceptors (Lipinski definition) is 6. The monoisotopic (exact) mass is 731 g/mol. The average molecular weight is 732 g/mol. The van der Waals surface area contributed by atoms with Gasteiger partial charge >= 0.3 is 0 Å². The lowest BCUT2D eigenvalue weighted by Gasteiger charge is -2.26. The lowest BCUT2D eigenvalue weighted by atomic mass is 9.78. The zero-order valence-corrected chi connectivity index (χ0v) is 31.8. The fourth-order valence-corrected chi connectivity index (χ4v) is 8.53. The second kappa shape index (κ2) is 14.4. The number of fused-ring (bicyclic) bond motifs is 2. The molecular formula is C48H45NO6. The first-order valence-corrected chi connectivity index (χ1v) is 19.4. The zero-order valence-electron chi connectivity index (χ0n) is 31.8. The summed E-state index contributed by atoms with van der Waals surface area (Å²) in [5.74, 6) is 0.577. The number of carbonyl (C=O) groups is 4. The fourth-order valence-electron chi connectivity index (χ4n) is 8.53. The molecule has 0 radical (unpaired) electrons. The van der Waals surface area contributed by atoms with Gasteiger partial charge in [-0.25, -0.2) is 0 Å². The summed E-state index contributed by atoms with van der Waals surface area (Å²) < 4.78 is 12.4. The summed E-state index contributed by atoms with van der Waals surface area (Å²) in [5, 5.41) is 0. The molecule has 2 atom stereocenters. The fraction of sp³-hybridized carbons (Fsp3) is 0.292. The second-order valence-corrected chi connectivity index (χ2v) is 15.8. The molecule has 1 fully saturated rings. The van der Waals surface area contributed by atoms with Crippen LogP contribution in [0.15, 0.2) is 109 Å². The number of imide groups is 1. The summed E-state index contributed by atoms with van der Waals surface area (Å²) in [6, 6.07) is 34.0. The minimum atomic E-state index is -0.743. The molecule has 55 heavy (non-hydrogen) atoms. The smallest absolute Gasteiger partial charge is 0.261 e. The molecule has 1 saturated carbocycles. The van der Waals surface area contributed by atoms with Gasteiger partial charge in [0.25, 0.3) is 11.8 Å². The molecule has 0 spiro atoms. The lowest BCUT2D eigenvalue weighted by molar-refractivity contribution is 0.0568. The number of aryl methyl sites for hydroxylation is 1. The molecule has 2 unspecified atom stereocenters. The maximum absolute atomic E-state index is 13.5. The van der Waals surface area contributed by atoms with Crippen LogP contribution in [0.1, 0.15) is 129 Å². The van der Waals surface area contributed by atoms with Gasteiger partial charge < -0.3 is 9.47 Å². The molecule has 1 aliphatic heterocycles. The maximum atomic E-state index is 13.5. The van der Waals surface area contributed by atoms with E-state index in [0.29, 0.717) is 45.3 Å². The Balaban J connectivity index is 0.920. The van der Waals surface area contributed by atoms with E-state index in [1.807, 2.05) is 86.6 Å². The van der Waals surface area contributed by atoms with E-state index in [2.05, 4.69) is 13.8 Å². The van der Waals surface area contributed by atoms with Crippen LogP contribution in [0.25, 0.3) is 0 Å². The molecule has 0 aromatic heterocycles. The van der Waals surface area contributed by atoms with E-state index >= 15 is 0 Å². The molecule has 0 saturated heterocycles. The van der Waals surface area contributed by atoms with Gasteiger partial charge in [-0.05, 0) is 103 Å². The van der Waals surface area contributed by atoms with Crippen LogP contribution in [-0.4, -0.2) is 34.3 Å². The first-order valence-electron chi connectivity index (χ1n) is 19.4. The summed E-state index contributed by atoms with van der Waals surface area (Å²) in [4.78, 5) is 55.0. The van der Waals surface area contributed by atoms with E-state index in [4.69, 9.17) is 9.47 Å². The van der Waals surface area contributed by atoms with Crippen LogP contribution in [0.3, 0.4) is 0 Å². The number of Topliss-reactive ketones (excluding diaryl/α,β-unsaturated/α-hetero) is 2. The van der Waals surface area contributed by atoms with Gasteiger partial charge in [-0.15, -0.1) is 0 Å². The van der Waals surface area contributed by atoms with Gasteiger partial charge in [0.05, 0.1) is 17.0 Å². The second-order valence-electron chi connectivity index (χ2n) is 15.8. The average Bonchev–Trinajstić information content (AvgIpc) is 3.40. The number of amides is 2. The molecule has 1 heterocycles. The number of nitrogens with zero attached hydrogens (tertiary/aromatic N) is 1. The molecule has 3 aliphatic rings. The Hall–Kier alpha value is -5.82. The third kappa shape index (κ3) is 6.77. The van der Waals surface area contributed by atoms with Gasteiger partial charge in [-0.3, -0.25) is 24.1 Å². The van der Waals surface area contributed by atoms with Crippen molar-refractivity contribution in [2.75, 3.05) is 0 Å². The van der Waals surface area contributed by atoms with Crippen LogP contribution in [0.4, 0.5) is 0 Å². The van der Waals surface area contributed by atoms with Crippen molar-refractivity contribution in [3.05, 3.63) is 154 Å². The van der Waals surface area contributed by atoms with Crippen molar-refractivity contribution in [3.63, 3.8) is 0 Å². The standard InChI is InChI=1S/C48H45NO6/c1-29-10-9-11-31(26-29)30(2)43-44(50)39-24-22-37(27-41(39)45(43)51)54-35-18-14-32(15-19-35)48(3,4)33-16-20-36(21-17-33)55-38-23-25-40-42(28-38)47(53)49(46(40)52)34-12-7-5-6-8-13-34/h9-11,14-28,30,34,43H,5-8,12-13H2,1-4H3. The molecule has 0 N–H and O–H groups in total. The summed E-state index contributed by atoms with van der Waals surface area (Å²) in [6.07, 6.45) is 6.12. The van der Waals surface area contributed by atoms with Crippen LogP contribution in [0.2, 0.25) is 0 Å². The van der Waals surface area contributed by atoms with Crippen LogP contribution in [-0.2, 0) is 5.41 Å². The molecule has 278 valence electrons. The minimum Gasteiger partial charge on any atom is -0.457 e. The first kappa shape index (κ1) is 36.2. The zero-order chi connectivity index (χ0) is 38.4. The van der Waals surface area contributed by atoms with Crippen molar-refractivity contribution in [2.45, 2.75) is 83.6 Å². The normalized spacial score (nSPS) is 17.9. The third-order valence-electron chi connectivity index (χ3n) is 11.9. The van der Waals surface area contributed by atoms with Gasteiger partial charge in [0.15, 0.2) is 11.6 Å². The predicted molar refractivity (Wildman–Crippen MR) is 212 cm³/mol. The Morgan fingerprint density at radius 2 is 1.09 bits per heavy atom. The van der Waals surface area contributed by atoms with Crippen molar-refractivity contribution in [3.8, 4) is 23.0 Å². The van der Waals surface area contributed by atoms with Crippen molar-refractivity contribution in [1.82, 2.24) is 4.90 Å². The van der Waals surface area contributed by atoms with Gasteiger partial charge in [0, 0.05) is 22.6 Å². The molecule has 5 aromatic carbocycles. The largest absolute Gasteiger partial charge is 0.457 e. The van der Waals surface area contributed by atoms with Crippen molar-refractivity contribution >= 4 is 23.4 Å². The molecule has 7 heteroatoms. The van der Waals surface area contributed by atoms with Crippen molar-refractivity contribution < 1.29 is 28.7 Å². The van der Waals surface area contributed by atoms with Gasteiger partial charge in [-0.2, -0.15) is 0 Å². The van der Waals surface area contributed by atoms with E-state index in [9.17, 15) is 19.2 Å². The number of rotatable bonds is 9. The number of benzene rings is 5. The predicted octanol–water partition coefficient (Wildman–Crippen LogP) is 11.0. The number of hydrogen-bond donors (Lipinski definition) is 0. The Kier molecular flexibility index (Phi) is 9.50. The van der Waals surface area contributed by atoms with E-state index in [1.54, 1.807) is 36.4 Å². The Bertz CT molecular complexity index is 2310. The van der Waals surface area contributed by atoms with E-state index < -0.39 is 5.92 Å². The SMILES string of the molecule is Cc1cccc(C(C)C2C(=O)c3ccc(Oc4ccc(C(C)(C)c5ccc(Oc6ccc7c(c6)C(=O)N(C6CCCCCC6)C7=O)cc5)cc4)cc3C2=O)c1. The highest BCUT2D eigenvalue weighted by Gasteiger charge is 2.43. The highest BCUT2D eigenvalue weighted by atomic mass is 16.5. The van der Waals surface area contributed by atoms with E-state index in [-0.39, 0.29) is 40.8 Å². The Morgan fingerprint density at radius 3 is 1.67 bits per heavy atom. The molecule has 2 amide bonds. The van der Waals surface area contributed by atoms with Crippen LogP contribution in [0, 0.1) is 12.8 Å². The van der Waals surface area contributed by atoms with Gasteiger partial charge in [0.1, 0.15) is 23.0 Å². The number of ketones is 2. The Morgan fingerprint density at radius 1 is 0.582 bits per heavy atom. The summed E-state index contributed by atoms with van der Waals surface area (Å²) in [5.41, 5.74) is 5.61. The van der Waals surface area contributed by atoms with Gasteiger partial charge in [-0.1, -0.05) is 101 Å². The summed E-state index contributed by atoms with van der Waals surface area (Å²) in [7, 11) is 0. The van der Waals surface area contributed by atoms with E-state index in [0.717, 1.165) is 60.8 Å². The van der Waals surface area contributed by atoms with Gasteiger partial charge in [0.2, 0.25) is 0 Å². The third-order valence-corrected chi connectivity index (χ3v) is 11.9. The highest BCUT2D eigenvalue weighted by Crippen LogP contribution is 2.40. The molecular weight excluding hydrogens is 687 g/mol. The molecule has 8 rings (SSSR count). The molecule has 7 nitrogen and oxygen atoms in total. The molecule has 2 aliphatic carbocycles. The van der Waals surface area contributed by atoms with E-state index in [1.165, 1.54) is 4.90 Å². The topological polar surface area (TPSA) is 90.0 Å². The number of ether oxygens (including phenoxy) is 2. The van der Waals surface area contributed by atoms with Crippen molar-refractivity contribution in [1.29, 1.82) is 0 Å². The maximum Gasteiger partial charge on any atom is 0.261 e. The Labute approximate surface area is 322 Å². The molecule has 0 bridgehead atoms. The quantitative estimate of drug-likeness (QED) is 0.0852. The lowest BCUT2D eigenvalue weighted by Crippen LogP contribution is -2.39. The number of carbonyl (C=O) groups excluding carboxylic acids is 4. The van der Waals surface area contributed by atoms with Crippen molar-refractivity contribution in [2.24, 2.45) is 5.92 Å². The van der Waals surface area contributed by atoms with Crippen LogP contribution >= 0.6 is 0 Å². The molecule has 5 aromatic rings.